The van der Waals surface area contributed by atoms with E-state index in [0.29, 0.717) is 0 Å². The Kier molecular flexibility index (Phi) is 6.64. The molecule has 0 atom stereocenters. The Bertz CT molecular complexity index is 753. The molecule has 161 valence electrons. The Labute approximate surface area is 163 Å². The fraction of sp³-hybridized carbons (Fsp3) is 0.333. The van der Waals surface area contributed by atoms with Crippen molar-refractivity contribution in [3.8, 4) is 0 Å². The summed E-state index contributed by atoms with van der Waals surface area (Å²) in [5.74, 6) is -26.0. The van der Waals surface area contributed by atoms with Gasteiger partial charge in [-0.3, -0.25) is 0 Å². The molecule has 0 saturated heterocycles. The Morgan fingerprint density at radius 3 is 1.34 bits per heavy atom. The normalized spacial score (nSPS) is 13.9. The molecule has 0 aliphatic rings. The van der Waals surface area contributed by atoms with Crippen LogP contribution in [-0.2, 0) is 0 Å². The summed E-state index contributed by atoms with van der Waals surface area (Å²) in [5.41, 5.74) is 0. The van der Waals surface area contributed by atoms with Gasteiger partial charge in [-0.15, -0.1) is 0 Å². The minimum absolute atomic E-state index is 0.151. The van der Waals surface area contributed by atoms with E-state index < -0.39 is 49.3 Å². The quantitative estimate of drug-likeness (QED) is 0.351. The van der Waals surface area contributed by atoms with Crippen LogP contribution in [0, 0.1) is 0 Å². The molecule has 0 spiro atoms. The third-order valence-electron chi connectivity index (χ3n) is 3.93. The Morgan fingerprint density at radius 2 is 1.00 bits per heavy atom. The molecule has 0 aliphatic carbocycles. The van der Waals surface area contributed by atoms with E-state index in [1.807, 2.05) is 0 Å². The van der Waals surface area contributed by atoms with Gasteiger partial charge in [-0.25, -0.2) is 0 Å². The molecule has 0 saturated carbocycles. The van der Waals surface area contributed by atoms with Gasteiger partial charge in [0, 0.05) is 0 Å². The Hall–Kier alpha value is -1.74. The van der Waals surface area contributed by atoms with Crippen LogP contribution in [-0.4, -0.2) is 44.0 Å². The molecule has 29 heavy (non-hydrogen) atoms. The second-order valence-electron chi connectivity index (χ2n) is 5.94. The number of alkyl halides is 10. The van der Waals surface area contributed by atoms with Crippen molar-refractivity contribution in [2.45, 2.75) is 35.4 Å². The Morgan fingerprint density at radius 1 is 0.621 bits per heavy atom. The second-order valence-corrected chi connectivity index (χ2v) is 10.2. The van der Waals surface area contributed by atoms with Crippen LogP contribution in [0.5, 0.6) is 0 Å². The van der Waals surface area contributed by atoms with Gasteiger partial charge in [0.05, 0.1) is 0 Å². The van der Waals surface area contributed by atoms with Gasteiger partial charge >= 0.3 is 163 Å². The van der Waals surface area contributed by atoms with Crippen molar-refractivity contribution >= 4 is 22.8 Å². The molecule has 0 N–H and O–H groups in total. The monoisotopic (exact) mass is 499 g/mol. The van der Waals surface area contributed by atoms with Gasteiger partial charge in [0.15, 0.2) is 0 Å². The zero-order chi connectivity index (χ0) is 22.1. The van der Waals surface area contributed by atoms with Crippen LogP contribution in [0.3, 0.4) is 0 Å². The van der Waals surface area contributed by atoms with Crippen LogP contribution in [0.25, 0.3) is 0 Å². The first kappa shape index (κ1) is 23.5. The van der Waals surface area contributed by atoms with Crippen LogP contribution >= 0.6 is 0 Å². The molecule has 0 amide bonds. The molecule has 1 radical (unpaired) electrons. The van der Waals surface area contributed by atoms with Gasteiger partial charge in [0.25, 0.3) is 0 Å². The standard InChI is InChI=1S/C18H13F10Se/c19-14(20)16(23,24)18(27,28)17(25,26)15(21,22)11-29(12-7-3-1-4-8-12)13-9-5-2-6-10-13/h1-10,14H,11H2. The van der Waals surface area contributed by atoms with Crippen molar-refractivity contribution in [1.82, 2.24) is 0 Å². The van der Waals surface area contributed by atoms with Gasteiger partial charge < -0.3 is 0 Å². The summed E-state index contributed by atoms with van der Waals surface area (Å²) in [6.07, 6.45) is -5.26. The number of benzene rings is 2. The topological polar surface area (TPSA) is 0 Å². The van der Waals surface area contributed by atoms with E-state index in [1.54, 1.807) is 0 Å². The molecular formula is C18H13F10Se. The van der Waals surface area contributed by atoms with Gasteiger partial charge in [0.1, 0.15) is 0 Å². The molecule has 2 rings (SSSR count). The van der Waals surface area contributed by atoms with Crippen LogP contribution in [0.2, 0.25) is 5.32 Å². The average molecular weight is 498 g/mol. The minimum atomic E-state index is -6.97. The molecule has 2 aromatic rings. The molecule has 11 heteroatoms. The number of hydrogen-bond acceptors (Lipinski definition) is 0. The number of halogens is 10. The molecule has 2 aromatic carbocycles. The molecule has 0 bridgehead atoms. The van der Waals surface area contributed by atoms with Crippen LogP contribution < -0.4 is 8.92 Å². The molecule has 0 nitrogen and oxygen atoms in total. The number of rotatable bonds is 8. The van der Waals surface area contributed by atoms with Crippen molar-refractivity contribution in [3.05, 3.63) is 60.7 Å². The van der Waals surface area contributed by atoms with Gasteiger partial charge in [0.2, 0.25) is 0 Å². The summed E-state index contributed by atoms with van der Waals surface area (Å²) < 4.78 is 134. The van der Waals surface area contributed by atoms with E-state index in [9.17, 15) is 43.9 Å². The Balaban J connectivity index is 2.49. The summed E-state index contributed by atoms with van der Waals surface area (Å²) in [6, 6.07) is 13.9. The molecule has 0 fully saturated rings. The first-order valence-corrected chi connectivity index (χ1v) is 10.8. The summed E-state index contributed by atoms with van der Waals surface area (Å²) in [6.45, 7) is 0. The van der Waals surface area contributed by atoms with Gasteiger partial charge in [-0.05, 0) is 0 Å². The van der Waals surface area contributed by atoms with Crippen molar-refractivity contribution in [1.29, 1.82) is 0 Å². The van der Waals surface area contributed by atoms with Crippen LogP contribution in [0.1, 0.15) is 0 Å². The van der Waals surface area contributed by atoms with E-state index >= 15 is 0 Å². The third kappa shape index (κ3) is 4.26. The predicted molar refractivity (Wildman–Crippen MR) is 88.5 cm³/mol. The first-order valence-electron chi connectivity index (χ1n) is 7.86. The molecule has 0 aliphatic heterocycles. The van der Waals surface area contributed by atoms with E-state index in [2.05, 4.69) is 0 Å². The number of hydrogen-bond donors (Lipinski definition) is 0. The molecule has 0 unspecified atom stereocenters. The SMILES string of the molecule is FC(F)C(F)(F)C(F)(F)C(F)(F)C(F)(F)C[Se](c1ccccc1)c1ccccc1. The zero-order valence-corrected chi connectivity index (χ0v) is 16.0. The summed E-state index contributed by atoms with van der Waals surface area (Å²) >= 11 is -3.15. The molecule has 0 heterocycles. The summed E-state index contributed by atoms with van der Waals surface area (Å²) in [7, 11) is 0. The van der Waals surface area contributed by atoms with E-state index in [1.165, 1.54) is 60.7 Å². The van der Waals surface area contributed by atoms with E-state index in [4.69, 9.17) is 0 Å². The predicted octanol–water partition coefficient (Wildman–Crippen LogP) is 5.10. The fourth-order valence-electron chi connectivity index (χ4n) is 2.32. The van der Waals surface area contributed by atoms with Gasteiger partial charge in [-0.2, -0.15) is 0 Å². The average Bonchev–Trinajstić information content (AvgIpc) is 2.67. The zero-order valence-electron chi connectivity index (χ0n) is 14.2. The second kappa shape index (κ2) is 8.18. The van der Waals surface area contributed by atoms with Crippen molar-refractivity contribution in [3.63, 3.8) is 0 Å². The summed E-state index contributed by atoms with van der Waals surface area (Å²) in [5, 5.41) is -1.89. The van der Waals surface area contributed by atoms with E-state index in [0.717, 1.165) is 0 Å². The molecular weight excluding hydrogens is 485 g/mol. The third-order valence-corrected chi connectivity index (χ3v) is 8.82. The first-order chi connectivity index (χ1) is 13.3. The summed E-state index contributed by atoms with van der Waals surface area (Å²) in [4.78, 5) is 0. The van der Waals surface area contributed by atoms with Crippen molar-refractivity contribution in [2.75, 3.05) is 0 Å². The van der Waals surface area contributed by atoms with Crippen molar-refractivity contribution in [2.24, 2.45) is 0 Å². The van der Waals surface area contributed by atoms with Gasteiger partial charge in [-0.1, -0.05) is 0 Å². The molecule has 0 aromatic heterocycles. The fourth-order valence-corrected chi connectivity index (χ4v) is 6.77. The van der Waals surface area contributed by atoms with E-state index in [-0.39, 0.29) is 8.92 Å². The maximum atomic E-state index is 14.3. The van der Waals surface area contributed by atoms with Crippen LogP contribution in [0.15, 0.2) is 60.7 Å². The van der Waals surface area contributed by atoms with Crippen molar-refractivity contribution < 1.29 is 43.9 Å². The maximum absolute atomic E-state index is 14.3. The van der Waals surface area contributed by atoms with Crippen LogP contribution in [0.4, 0.5) is 43.9 Å².